The smallest absolute Gasteiger partial charge is 0.243 e. The molecule has 2 aromatic rings. The van der Waals surface area contributed by atoms with Gasteiger partial charge < -0.3 is 10.2 Å². The monoisotopic (exact) mass is 432 g/mol. The Labute approximate surface area is 175 Å². The standard InChI is InChI=1S/C20H24N4O3S2/c1-15-3-4-16(2)18(13-15)29(26,27)24-10-8-23(9-11-24)7-5-19(25)22-20-17(14-21)6-12-28-20/h3-4,6,12-13H,5,7-11H2,1-2H3,(H,22,25). The fourth-order valence-electron chi connectivity index (χ4n) is 3.26. The quantitative estimate of drug-likeness (QED) is 0.757. The van der Waals surface area contributed by atoms with Crippen LogP contribution in [0.1, 0.15) is 23.1 Å². The fraction of sp³-hybridized carbons (Fsp3) is 0.400. The van der Waals surface area contributed by atoms with E-state index in [1.807, 2.05) is 32.0 Å². The number of piperazine rings is 1. The maximum Gasteiger partial charge on any atom is 0.243 e. The Balaban J connectivity index is 1.52. The first-order chi connectivity index (χ1) is 13.8. The highest BCUT2D eigenvalue weighted by molar-refractivity contribution is 7.89. The number of carbonyl (C=O) groups is 1. The molecule has 0 aliphatic carbocycles. The van der Waals surface area contributed by atoms with Gasteiger partial charge in [-0.2, -0.15) is 9.57 Å². The highest BCUT2D eigenvalue weighted by atomic mass is 32.2. The lowest BCUT2D eigenvalue weighted by atomic mass is 10.2. The van der Waals surface area contributed by atoms with Crippen molar-refractivity contribution in [1.82, 2.24) is 9.21 Å². The molecule has 9 heteroatoms. The third-order valence-corrected chi connectivity index (χ3v) is 7.86. The molecule has 3 rings (SSSR count). The van der Waals surface area contributed by atoms with Gasteiger partial charge in [0.15, 0.2) is 0 Å². The van der Waals surface area contributed by atoms with Gasteiger partial charge in [0.05, 0.1) is 10.5 Å². The van der Waals surface area contributed by atoms with Gasteiger partial charge in [-0.3, -0.25) is 4.79 Å². The Kier molecular flexibility index (Phi) is 6.70. The van der Waals surface area contributed by atoms with Gasteiger partial charge in [0.1, 0.15) is 11.1 Å². The first kappa shape index (κ1) is 21.5. The van der Waals surface area contributed by atoms with Crippen molar-refractivity contribution in [2.45, 2.75) is 25.2 Å². The number of nitrogens with zero attached hydrogens (tertiary/aromatic N) is 3. The van der Waals surface area contributed by atoms with Crippen LogP contribution in [0.15, 0.2) is 34.5 Å². The van der Waals surface area contributed by atoms with Gasteiger partial charge >= 0.3 is 0 Å². The van der Waals surface area contributed by atoms with Crippen molar-refractivity contribution in [2.75, 3.05) is 38.0 Å². The highest BCUT2D eigenvalue weighted by Gasteiger charge is 2.29. The van der Waals surface area contributed by atoms with Crippen LogP contribution in [-0.2, 0) is 14.8 Å². The topological polar surface area (TPSA) is 93.5 Å². The average Bonchev–Trinajstić information content (AvgIpc) is 3.15. The van der Waals surface area contributed by atoms with Crippen molar-refractivity contribution >= 4 is 32.3 Å². The van der Waals surface area contributed by atoms with Crippen LogP contribution in [0.2, 0.25) is 0 Å². The van der Waals surface area contributed by atoms with Gasteiger partial charge in [0, 0.05) is 39.1 Å². The molecule has 1 N–H and O–H groups in total. The van der Waals surface area contributed by atoms with Crippen molar-refractivity contribution in [3.05, 3.63) is 46.3 Å². The second-order valence-corrected chi connectivity index (χ2v) is 9.91. The maximum atomic E-state index is 13.0. The van der Waals surface area contributed by atoms with Crippen molar-refractivity contribution in [3.8, 4) is 6.07 Å². The van der Waals surface area contributed by atoms with E-state index in [2.05, 4.69) is 10.2 Å². The number of benzene rings is 1. The third-order valence-electron chi connectivity index (χ3n) is 4.99. The predicted molar refractivity (Wildman–Crippen MR) is 113 cm³/mol. The summed E-state index contributed by atoms with van der Waals surface area (Å²) in [5.41, 5.74) is 2.14. The molecule has 1 aliphatic rings. The van der Waals surface area contributed by atoms with Crippen LogP contribution in [0, 0.1) is 25.2 Å². The molecule has 1 aromatic heterocycles. The predicted octanol–water partition coefficient (Wildman–Crippen LogP) is 2.57. The van der Waals surface area contributed by atoms with E-state index in [1.165, 1.54) is 15.6 Å². The summed E-state index contributed by atoms with van der Waals surface area (Å²) >= 11 is 1.33. The van der Waals surface area contributed by atoms with Gasteiger partial charge in [-0.25, -0.2) is 8.42 Å². The SMILES string of the molecule is Cc1ccc(C)c(S(=O)(=O)N2CCN(CCC(=O)Nc3sccc3C#N)CC2)c1. The third kappa shape index (κ3) is 5.03. The van der Waals surface area contributed by atoms with E-state index in [1.54, 1.807) is 17.5 Å². The summed E-state index contributed by atoms with van der Waals surface area (Å²) in [6.07, 6.45) is 0.298. The number of hydrogen-bond donors (Lipinski definition) is 1. The fourth-order valence-corrected chi connectivity index (χ4v) is 5.75. The molecule has 154 valence electrons. The Morgan fingerprint density at radius 3 is 2.62 bits per heavy atom. The zero-order valence-electron chi connectivity index (χ0n) is 16.5. The lowest BCUT2D eigenvalue weighted by Crippen LogP contribution is -2.49. The van der Waals surface area contributed by atoms with Gasteiger partial charge in [-0.1, -0.05) is 12.1 Å². The molecule has 1 aliphatic heterocycles. The van der Waals surface area contributed by atoms with Crippen molar-refractivity contribution < 1.29 is 13.2 Å². The van der Waals surface area contributed by atoms with Crippen molar-refractivity contribution in [1.29, 1.82) is 5.26 Å². The van der Waals surface area contributed by atoms with E-state index >= 15 is 0 Å². The summed E-state index contributed by atoms with van der Waals surface area (Å²) in [5.74, 6) is -0.144. The second kappa shape index (κ2) is 9.05. The van der Waals surface area contributed by atoms with E-state index in [-0.39, 0.29) is 5.91 Å². The van der Waals surface area contributed by atoms with E-state index in [0.29, 0.717) is 54.6 Å². The molecular weight excluding hydrogens is 408 g/mol. The number of nitriles is 1. The molecule has 0 spiro atoms. The number of aryl methyl sites for hydroxylation is 2. The molecule has 0 unspecified atom stereocenters. The molecule has 0 saturated carbocycles. The number of anilines is 1. The average molecular weight is 433 g/mol. The van der Waals surface area contributed by atoms with Gasteiger partial charge in [0.2, 0.25) is 15.9 Å². The molecule has 0 bridgehead atoms. The van der Waals surface area contributed by atoms with Crippen LogP contribution in [-0.4, -0.2) is 56.3 Å². The minimum absolute atomic E-state index is 0.144. The number of nitrogens with one attached hydrogen (secondary N) is 1. The van der Waals surface area contributed by atoms with E-state index in [4.69, 9.17) is 5.26 Å². The summed E-state index contributed by atoms with van der Waals surface area (Å²) in [5, 5.41) is 14.1. The molecule has 0 atom stereocenters. The largest absolute Gasteiger partial charge is 0.317 e. The number of amides is 1. The number of sulfonamides is 1. The van der Waals surface area contributed by atoms with Crippen LogP contribution in [0.4, 0.5) is 5.00 Å². The Morgan fingerprint density at radius 1 is 1.21 bits per heavy atom. The first-order valence-electron chi connectivity index (χ1n) is 9.38. The molecule has 0 radical (unpaired) electrons. The second-order valence-electron chi connectivity index (χ2n) is 7.09. The molecule has 7 nitrogen and oxygen atoms in total. The lowest BCUT2D eigenvalue weighted by molar-refractivity contribution is -0.116. The number of carbonyl (C=O) groups excluding carboxylic acids is 1. The molecule has 1 fully saturated rings. The van der Waals surface area contributed by atoms with Crippen LogP contribution in [0.25, 0.3) is 0 Å². The molecule has 1 aromatic carbocycles. The lowest BCUT2D eigenvalue weighted by Gasteiger charge is -2.34. The summed E-state index contributed by atoms with van der Waals surface area (Å²) in [7, 11) is -3.51. The van der Waals surface area contributed by atoms with Crippen molar-refractivity contribution in [2.24, 2.45) is 0 Å². The molecule has 2 heterocycles. The molecule has 1 saturated heterocycles. The van der Waals surface area contributed by atoms with Crippen LogP contribution in [0.5, 0.6) is 0 Å². The van der Waals surface area contributed by atoms with Crippen LogP contribution in [0.3, 0.4) is 0 Å². The molecule has 29 heavy (non-hydrogen) atoms. The number of hydrogen-bond acceptors (Lipinski definition) is 6. The summed E-state index contributed by atoms with van der Waals surface area (Å²) in [4.78, 5) is 14.6. The Bertz CT molecular complexity index is 1030. The normalized spacial score (nSPS) is 15.8. The zero-order valence-corrected chi connectivity index (χ0v) is 18.1. The summed E-state index contributed by atoms with van der Waals surface area (Å²) in [6.45, 7) is 6.22. The Morgan fingerprint density at radius 2 is 1.93 bits per heavy atom. The van der Waals surface area contributed by atoms with Gasteiger partial charge in [0.25, 0.3) is 0 Å². The minimum Gasteiger partial charge on any atom is -0.317 e. The first-order valence-corrected chi connectivity index (χ1v) is 11.7. The molecule has 1 amide bonds. The summed E-state index contributed by atoms with van der Waals surface area (Å²) < 4.78 is 27.5. The van der Waals surface area contributed by atoms with E-state index < -0.39 is 10.0 Å². The van der Waals surface area contributed by atoms with Gasteiger partial charge in [-0.15, -0.1) is 11.3 Å². The van der Waals surface area contributed by atoms with Crippen LogP contribution >= 0.6 is 11.3 Å². The maximum absolute atomic E-state index is 13.0. The van der Waals surface area contributed by atoms with E-state index in [0.717, 1.165) is 11.1 Å². The number of rotatable bonds is 6. The van der Waals surface area contributed by atoms with Gasteiger partial charge in [-0.05, 0) is 42.5 Å². The Hall–Kier alpha value is -2.25. The van der Waals surface area contributed by atoms with Crippen LogP contribution < -0.4 is 5.32 Å². The highest BCUT2D eigenvalue weighted by Crippen LogP contribution is 2.23. The molecular formula is C20H24N4O3S2. The summed E-state index contributed by atoms with van der Waals surface area (Å²) in [6, 6.07) is 9.19. The zero-order chi connectivity index (χ0) is 21.0. The minimum atomic E-state index is -3.51. The van der Waals surface area contributed by atoms with Crippen molar-refractivity contribution in [3.63, 3.8) is 0 Å². The van der Waals surface area contributed by atoms with E-state index in [9.17, 15) is 13.2 Å². The number of thiophene rings is 1.